The van der Waals surface area contributed by atoms with Gasteiger partial charge in [0.2, 0.25) is 11.4 Å². The van der Waals surface area contributed by atoms with Crippen LogP contribution in [0.15, 0.2) is 79.6 Å². The van der Waals surface area contributed by atoms with Crippen LogP contribution in [0.2, 0.25) is 0 Å². The molecular formula is C42H44Br2N2O3S. The van der Waals surface area contributed by atoms with Crippen molar-refractivity contribution in [1.82, 2.24) is 0 Å². The lowest BCUT2D eigenvalue weighted by Crippen LogP contribution is -2.67. The van der Waals surface area contributed by atoms with Crippen LogP contribution in [0.25, 0.3) is 5.57 Å². The maximum atomic E-state index is 12.8. The molecule has 0 fully saturated rings. The first-order valence-electron chi connectivity index (χ1n) is 16.5. The van der Waals surface area contributed by atoms with Crippen molar-refractivity contribution in [2.45, 2.75) is 81.1 Å². The quantitative estimate of drug-likeness (QED) is 0.190. The predicted octanol–water partition coefficient (Wildman–Crippen LogP) is 10.1. The Morgan fingerprint density at radius 2 is 1.30 bits per heavy atom. The third-order valence-electron chi connectivity index (χ3n) is 10.1. The summed E-state index contributed by atoms with van der Waals surface area (Å²) in [5, 5.41) is 3.67. The molecule has 4 aromatic carbocycles. The van der Waals surface area contributed by atoms with Gasteiger partial charge in [0, 0.05) is 48.7 Å². The topological polar surface area (TPSA) is 83.2 Å². The number of anilines is 2. The lowest BCUT2D eigenvalue weighted by Gasteiger charge is -2.24. The molecule has 2 N–H and O–H groups in total. The summed E-state index contributed by atoms with van der Waals surface area (Å²) in [7, 11) is -4.82. The minimum Gasteiger partial charge on any atom is -0.744 e. The van der Waals surface area contributed by atoms with Gasteiger partial charge < -0.3 is 9.87 Å². The third-order valence-corrected chi connectivity index (χ3v) is 12.3. The van der Waals surface area contributed by atoms with Gasteiger partial charge in [-0.05, 0) is 184 Å². The largest absolute Gasteiger partial charge is 0.744 e. The molecule has 0 aliphatic heterocycles. The fraction of sp³-hybridized carbons (Fsp3) is 0.262. The van der Waals surface area contributed by atoms with E-state index in [4.69, 9.17) is 0 Å². The first kappa shape index (κ1) is 37.7. The second-order valence-electron chi connectivity index (χ2n) is 13.6. The van der Waals surface area contributed by atoms with Crippen molar-refractivity contribution in [2.75, 3.05) is 5.32 Å². The smallest absolute Gasteiger partial charge is 0.210 e. The monoisotopic (exact) mass is 814 g/mol. The maximum absolute atomic E-state index is 12.8. The summed E-state index contributed by atoms with van der Waals surface area (Å²) >= 11 is 7.71. The SMILES string of the molecule is CC1=CC(=C(c2cc(C)c(Nc3c(C)cc(C)c(C)c3C)cc2Br)c2ccc(C)cc2S(=O)(=O)[O-])C(Br)=CC1=[NH+]c1c(C)cc(C)c(C)c1C. The summed E-state index contributed by atoms with van der Waals surface area (Å²) in [5.74, 6) is 0. The van der Waals surface area contributed by atoms with Crippen molar-refractivity contribution in [3.8, 4) is 0 Å². The second kappa shape index (κ2) is 14.2. The Labute approximate surface area is 314 Å². The molecule has 0 atom stereocenters. The van der Waals surface area contributed by atoms with Gasteiger partial charge >= 0.3 is 0 Å². The normalized spacial score (nSPS) is 15.3. The van der Waals surface area contributed by atoms with Gasteiger partial charge in [-0.1, -0.05) is 34.1 Å². The average Bonchev–Trinajstić information content (AvgIpc) is 3.03. The van der Waals surface area contributed by atoms with Gasteiger partial charge in [0.25, 0.3) is 0 Å². The minimum absolute atomic E-state index is 0.256. The van der Waals surface area contributed by atoms with E-state index in [0.29, 0.717) is 16.7 Å². The number of nitrogens with one attached hydrogen (secondary N) is 2. The molecule has 0 unspecified atom stereocenters. The van der Waals surface area contributed by atoms with Gasteiger partial charge in [-0.3, -0.25) is 0 Å². The van der Waals surface area contributed by atoms with E-state index < -0.39 is 10.1 Å². The van der Waals surface area contributed by atoms with E-state index >= 15 is 0 Å². The highest BCUT2D eigenvalue weighted by atomic mass is 79.9. The number of allylic oxidation sites excluding steroid dienone is 5. The van der Waals surface area contributed by atoms with Crippen molar-refractivity contribution < 1.29 is 18.0 Å². The Balaban J connectivity index is 1.77. The highest BCUT2D eigenvalue weighted by Gasteiger charge is 2.26. The zero-order chi connectivity index (χ0) is 37.0. The molecule has 0 amide bonds. The van der Waals surface area contributed by atoms with E-state index in [1.165, 1.54) is 39.4 Å². The Hall–Kier alpha value is -3.56. The number of rotatable bonds is 6. The van der Waals surface area contributed by atoms with Gasteiger partial charge in [0.1, 0.15) is 10.1 Å². The summed E-state index contributed by atoms with van der Waals surface area (Å²) in [6, 6.07) is 13.5. The van der Waals surface area contributed by atoms with Crippen LogP contribution in [-0.4, -0.2) is 18.7 Å². The van der Waals surface area contributed by atoms with E-state index in [0.717, 1.165) is 65.1 Å². The van der Waals surface area contributed by atoms with Gasteiger partial charge in [-0.2, -0.15) is 0 Å². The molecule has 5 rings (SSSR count). The molecule has 0 aromatic heterocycles. The van der Waals surface area contributed by atoms with Crippen LogP contribution >= 0.6 is 31.9 Å². The number of aryl methyl sites for hydroxylation is 6. The molecule has 1 aliphatic carbocycles. The van der Waals surface area contributed by atoms with Crippen LogP contribution < -0.4 is 10.3 Å². The van der Waals surface area contributed by atoms with Gasteiger partial charge in [-0.15, -0.1) is 0 Å². The third kappa shape index (κ3) is 7.26. The summed E-state index contributed by atoms with van der Waals surface area (Å²) in [5.41, 5.74) is 18.8. The molecule has 8 heteroatoms. The standard InChI is InChI=1S/C42H44Br2N2O3S/c1-21-12-13-32(39(14-21)50(47,48)49)40(33-17-24(4)37(19-35(33)43)45-41-26(6)15-22(2)28(8)30(41)10)34-18-25(5)38(20-36(34)44)46-42-27(7)16-23(3)29(9)31(42)11/h12-20,45H,1-11H3,(H,47,48,49). The van der Waals surface area contributed by atoms with Gasteiger partial charge in [-0.25, -0.2) is 13.4 Å². The Kier molecular flexibility index (Phi) is 10.7. The lowest BCUT2D eigenvalue weighted by atomic mass is 9.87. The Morgan fingerprint density at radius 1 is 0.680 bits per heavy atom. The number of halogens is 2. The van der Waals surface area contributed by atoms with Crippen molar-refractivity contribution in [3.05, 3.63) is 141 Å². The van der Waals surface area contributed by atoms with E-state index in [1.807, 2.05) is 44.2 Å². The number of hydrogen-bond donors (Lipinski definition) is 2. The zero-order valence-electron chi connectivity index (χ0n) is 30.6. The van der Waals surface area contributed by atoms with Crippen molar-refractivity contribution in [2.24, 2.45) is 0 Å². The second-order valence-corrected chi connectivity index (χ2v) is 16.7. The van der Waals surface area contributed by atoms with E-state index in [2.05, 4.69) is 110 Å². The average molecular weight is 817 g/mol. The van der Waals surface area contributed by atoms with Crippen LogP contribution in [0, 0.1) is 69.2 Å². The summed E-state index contributed by atoms with van der Waals surface area (Å²) in [6.45, 7) is 22.8. The molecule has 5 nitrogen and oxygen atoms in total. The fourth-order valence-corrected chi connectivity index (χ4v) is 8.57. The molecule has 50 heavy (non-hydrogen) atoms. The Morgan fingerprint density at radius 3 is 1.94 bits per heavy atom. The highest BCUT2D eigenvalue weighted by molar-refractivity contribution is 9.12. The van der Waals surface area contributed by atoms with Crippen molar-refractivity contribution in [3.63, 3.8) is 0 Å². The maximum Gasteiger partial charge on any atom is 0.210 e. The molecule has 260 valence electrons. The molecule has 0 heterocycles. The molecule has 4 aromatic rings. The molecule has 0 bridgehead atoms. The van der Waals surface area contributed by atoms with E-state index in [1.54, 1.807) is 13.0 Å². The molecule has 0 saturated carbocycles. The van der Waals surface area contributed by atoms with Crippen molar-refractivity contribution >= 4 is 70.3 Å². The van der Waals surface area contributed by atoms with Crippen LogP contribution in [0.5, 0.6) is 0 Å². The van der Waals surface area contributed by atoms with Crippen LogP contribution in [-0.2, 0) is 10.1 Å². The summed E-state index contributed by atoms with van der Waals surface area (Å²) in [4.78, 5) is 3.42. The van der Waals surface area contributed by atoms with Crippen LogP contribution in [0.4, 0.5) is 17.1 Å². The van der Waals surface area contributed by atoms with Gasteiger partial charge in [0.05, 0.1) is 4.90 Å². The Bertz CT molecular complexity index is 2350. The molecular weight excluding hydrogens is 772 g/mol. The number of benzene rings is 4. The van der Waals surface area contributed by atoms with E-state index in [9.17, 15) is 13.0 Å². The van der Waals surface area contributed by atoms with Gasteiger partial charge in [0.15, 0.2) is 0 Å². The molecule has 0 spiro atoms. The minimum atomic E-state index is -4.82. The van der Waals surface area contributed by atoms with Crippen LogP contribution in [0.3, 0.4) is 0 Å². The molecule has 0 radical (unpaired) electrons. The summed E-state index contributed by atoms with van der Waals surface area (Å²) < 4.78 is 39.9. The van der Waals surface area contributed by atoms with E-state index in [-0.39, 0.29) is 4.90 Å². The van der Waals surface area contributed by atoms with Crippen molar-refractivity contribution in [1.29, 1.82) is 0 Å². The lowest BCUT2D eigenvalue weighted by molar-refractivity contribution is -0.353. The molecule has 1 aliphatic rings. The first-order valence-corrected chi connectivity index (χ1v) is 19.5. The zero-order valence-corrected chi connectivity index (χ0v) is 34.6. The van der Waals surface area contributed by atoms with Crippen LogP contribution in [0.1, 0.15) is 73.7 Å². The predicted molar refractivity (Wildman–Crippen MR) is 215 cm³/mol. The summed E-state index contributed by atoms with van der Waals surface area (Å²) in [6.07, 6.45) is 4.07. The first-order chi connectivity index (χ1) is 23.3. The fourth-order valence-electron chi connectivity index (χ4n) is 6.72. The molecule has 0 saturated heterocycles. The highest BCUT2D eigenvalue weighted by Crippen LogP contribution is 2.43. The number of hydrogen-bond acceptors (Lipinski definition) is 4.